The SMILES string of the molecule is CCn1c(O)c(C=C2C=Nc3cc(Br)ccc32)n(C)c1=N. The third-order valence-corrected chi connectivity index (χ3v) is 4.13. The van der Waals surface area contributed by atoms with Gasteiger partial charge >= 0.3 is 0 Å². The lowest BCUT2D eigenvalue weighted by Crippen LogP contribution is -2.22. The maximum atomic E-state index is 10.3. The van der Waals surface area contributed by atoms with E-state index >= 15 is 0 Å². The Bertz CT molecular complexity index is 842. The van der Waals surface area contributed by atoms with Crippen molar-refractivity contribution in [3.63, 3.8) is 0 Å². The van der Waals surface area contributed by atoms with Crippen molar-refractivity contribution in [2.75, 3.05) is 0 Å². The van der Waals surface area contributed by atoms with Gasteiger partial charge in [0.25, 0.3) is 0 Å². The summed E-state index contributed by atoms with van der Waals surface area (Å²) in [5.74, 6) is 0.108. The van der Waals surface area contributed by atoms with E-state index in [1.54, 1.807) is 22.4 Å². The molecule has 0 fully saturated rings. The fourth-order valence-electron chi connectivity index (χ4n) is 2.47. The van der Waals surface area contributed by atoms with E-state index in [9.17, 15) is 5.11 Å². The van der Waals surface area contributed by atoms with Crippen molar-refractivity contribution in [1.82, 2.24) is 9.13 Å². The molecule has 0 bridgehead atoms. The molecule has 0 aliphatic carbocycles. The van der Waals surface area contributed by atoms with Crippen LogP contribution in [0.2, 0.25) is 0 Å². The number of benzene rings is 1. The molecule has 0 saturated heterocycles. The van der Waals surface area contributed by atoms with Crippen LogP contribution in [0.5, 0.6) is 5.88 Å². The molecule has 1 aromatic heterocycles. The number of hydrogen-bond acceptors (Lipinski definition) is 3. The highest BCUT2D eigenvalue weighted by molar-refractivity contribution is 9.10. The zero-order chi connectivity index (χ0) is 15.1. The minimum atomic E-state index is 0.108. The molecular formula is C15H15BrN4O. The van der Waals surface area contributed by atoms with Gasteiger partial charge in [-0.3, -0.25) is 15.0 Å². The first kappa shape index (κ1) is 13.9. The van der Waals surface area contributed by atoms with Gasteiger partial charge in [0.2, 0.25) is 11.5 Å². The highest BCUT2D eigenvalue weighted by atomic mass is 79.9. The first-order valence-corrected chi connectivity index (χ1v) is 7.41. The number of aliphatic imine (C=N–C) groups is 1. The van der Waals surface area contributed by atoms with Gasteiger partial charge in [0.05, 0.1) is 5.69 Å². The zero-order valence-corrected chi connectivity index (χ0v) is 13.3. The third-order valence-electron chi connectivity index (χ3n) is 3.64. The summed E-state index contributed by atoms with van der Waals surface area (Å²) in [6.45, 7) is 2.46. The fourth-order valence-corrected chi connectivity index (χ4v) is 2.82. The van der Waals surface area contributed by atoms with E-state index in [1.165, 1.54) is 0 Å². The summed E-state index contributed by atoms with van der Waals surface area (Å²) in [6.07, 6.45) is 3.65. The summed E-state index contributed by atoms with van der Waals surface area (Å²) in [5.41, 5.74) is 3.73. The van der Waals surface area contributed by atoms with Crippen LogP contribution in [0.25, 0.3) is 11.6 Å². The van der Waals surface area contributed by atoms with E-state index < -0.39 is 0 Å². The second-order valence-corrected chi connectivity index (χ2v) is 5.77. The lowest BCUT2D eigenvalue weighted by molar-refractivity contribution is 0.415. The number of aromatic hydroxyl groups is 1. The number of halogens is 1. The van der Waals surface area contributed by atoms with Gasteiger partial charge in [-0.05, 0) is 25.1 Å². The monoisotopic (exact) mass is 346 g/mol. The Kier molecular flexibility index (Phi) is 3.33. The van der Waals surface area contributed by atoms with Crippen molar-refractivity contribution >= 4 is 39.5 Å². The predicted octanol–water partition coefficient (Wildman–Crippen LogP) is 3.05. The average molecular weight is 347 g/mol. The quantitative estimate of drug-likeness (QED) is 0.862. The Morgan fingerprint density at radius 2 is 2.19 bits per heavy atom. The van der Waals surface area contributed by atoms with E-state index in [0.717, 1.165) is 21.3 Å². The van der Waals surface area contributed by atoms with Gasteiger partial charge in [0, 0.05) is 35.4 Å². The highest BCUT2D eigenvalue weighted by Crippen LogP contribution is 2.35. The Hall–Kier alpha value is -2.08. The van der Waals surface area contributed by atoms with Crippen molar-refractivity contribution in [3.05, 3.63) is 39.5 Å². The largest absolute Gasteiger partial charge is 0.493 e. The van der Waals surface area contributed by atoms with Crippen LogP contribution in [0.15, 0.2) is 27.7 Å². The maximum Gasteiger partial charge on any atom is 0.218 e. The van der Waals surface area contributed by atoms with Crippen LogP contribution in [0.4, 0.5) is 5.69 Å². The van der Waals surface area contributed by atoms with Gasteiger partial charge in [0.15, 0.2) is 0 Å². The molecule has 21 heavy (non-hydrogen) atoms. The van der Waals surface area contributed by atoms with E-state index in [2.05, 4.69) is 20.9 Å². The van der Waals surface area contributed by atoms with Crippen LogP contribution in [-0.4, -0.2) is 20.5 Å². The Morgan fingerprint density at radius 1 is 1.43 bits per heavy atom. The van der Waals surface area contributed by atoms with Crippen LogP contribution >= 0.6 is 15.9 Å². The summed E-state index contributed by atoms with van der Waals surface area (Å²) in [5, 5.41) is 18.3. The van der Waals surface area contributed by atoms with Crippen LogP contribution < -0.4 is 5.62 Å². The molecule has 2 heterocycles. The number of imidazole rings is 1. The summed E-state index contributed by atoms with van der Waals surface area (Å²) in [4.78, 5) is 4.38. The normalized spacial score (nSPS) is 14.9. The Morgan fingerprint density at radius 3 is 2.86 bits per heavy atom. The highest BCUT2D eigenvalue weighted by Gasteiger charge is 2.16. The van der Waals surface area contributed by atoms with E-state index in [4.69, 9.17) is 5.41 Å². The minimum Gasteiger partial charge on any atom is -0.493 e. The number of nitrogens with one attached hydrogen (secondary N) is 1. The molecule has 5 nitrogen and oxygen atoms in total. The molecule has 1 aliphatic rings. The second-order valence-electron chi connectivity index (χ2n) is 4.86. The lowest BCUT2D eigenvalue weighted by atomic mass is 10.1. The van der Waals surface area contributed by atoms with Crippen molar-refractivity contribution < 1.29 is 5.11 Å². The second kappa shape index (κ2) is 5.04. The standard InChI is InChI=1S/C15H15BrN4O/c1-3-20-14(21)13(19(2)15(20)17)6-9-8-18-12-7-10(16)4-5-11(9)12/h4-8,17,21H,3H2,1-2H3. The smallest absolute Gasteiger partial charge is 0.218 e. The molecule has 0 saturated carbocycles. The number of rotatable bonds is 2. The van der Waals surface area contributed by atoms with Crippen molar-refractivity contribution in [2.24, 2.45) is 12.0 Å². The molecule has 1 aliphatic heterocycles. The van der Waals surface area contributed by atoms with Gasteiger partial charge in [0.1, 0.15) is 5.69 Å². The minimum absolute atomic E-state index is 0.108. The number of allylic oxidation sites excluding steroid dienone is 1. The predicted molar refractivity (Wildman–Crippen MR) is 86.8 cm³/mol. The van der Waals surface area contributed by atoms with Crippen LogP contribution in [0, 0.1) is 5.41 Å². The van der Waals surface area contributed by atoms with Gasteiger partial charge in [-0.15, -0.1) is 0 Å². The molecule has 0 spiro atoms. The number of nitrogens with zero attached hydrogens (tertiary/aromatic N) is 3. The van der Waals surface area contributed by atoms with Gasteiger partial charge in [-0.1, -0.05) is 22.0 Å². The molecule has 0 amide bonds. The molecular weight excluding hydrogens is 332 g/mol. The maximum absolute atomic E-state index is 10.3. The molecule has 108 valence electrons. The molecule has 0 unspecified atom stereocenters. The van der Waals surface area contributed by atoms with Crippen molar-refractivity contribution in [1.29, 1.82) is 5.41 Å². The van der Waals surface area contributed by atoms with Gasteiger partial charge in [-0.2, -0.15) is 0 Å². The van der Waals surface area contributed by atoms with Crippen molar-refractivity contribution in [3.8, 4) is 5.88 Å². The van der Waals surface area contributed by atoms with Crippen LogP contribution in [0.1, 0.15) is 18.2 Å². The number of hydrogen-bond donors (Lipinski definition) is 2. The summed E-state index contributed by atoms with van der Waals surface area (Å²) in [7, 11) is 1.77. The van der Waals surface area contributed by atoms with Crippen LogP contribution in [0.3, 0.4) is 0 Å². The zero-order valence-electron chi connectivity index (χ0n) is 11.8. The van der Waals surface area contributed by atoms with E-state index in [1.807, 2.05) is 31.2 Å². The van der Waals surface area contributed by atoms with Crippen molar-refractivity contribution in [2.45, 2.75) is 13.5 Å². The summed E-state index contributed by atoms with van der Waals surface area (Å²) < 4.78 is 4.20. The molecule has 1 aromatic carbocycles. The van der Waals surface area contributed by atoms with Gasteiger partial charge < -0.3 is 9.67 Å². The van der Waals surface area contributed by atoms with E-state index in [-0.39, 0.29) is 11.5 Å². The lowest BCUT2D eigenvalue weighted by Gasteiger charge is -2.02. The molecule has 0 atom stereocenters. The molecule has 6 heteroatoms. The first-order chi connectivity index (χ1) is 10.0. The number of fused-ring (bicyclic) bond motifs is 1. The molecule has 2 aromatic rings. The van der Waals surface area contributed by atoms with Crippen LogP contribution in [-0.2, 0) is 13.6 Å². The summed E-state index contributed by atoms with van der Waals surface area (Å²) in [6, 6.07) is 5.92. The summed E-state index contributed by atoms with van der Waals surface area (Å²) >= 11 is 3.43. The molecule has 3 rings (SSSR count). The fraction of sp³-hybridized carbons (Fsp3) is 0.200. The van der Waals surface area contributed by atoms with Gasteiger partial charge in [-0.25, -0.2) is 0 Å². The third kappa shape index (κ3) is 2.15. The average Bonchev–Trinajstić information content (AvgIpc) is 2.94. The first-order valence-electron chi connectivity index (χ1n) is 6.61. The van der Waals surface area contributed by atoms with E-state index in [0.29, 0.717) is 12.2 Å². The Labute approximate surface area is 130 Å². The molecule has 0 radical (unpaired) electrons. The number of aromatic nitrogens is 2. The Balaban J connectivity index is 2.15. The topological polar surface area (TPSA) is 66.3 Å². The molecule has 2 N–H and O–H groups in total.